The van der Waals surface area contributed by atoms with Crippen LogP contribution in [0.5, 0.6) is 0 Å². The van der Waals surface area contributed by atoms with E-state index in [-0.39, 0.29) is 10.7 Å². The second kappa shape index (κ2) is 6.89. The summed E-state index contributed by atoms with van der Waals surface area (Å²) in [6, 6.07) is 12.5. The lowest BCUT2D eigenvalue weighted by Crippen LogP contribution is -2.25. The van der Waals surface area contributed by atoms with E-state index in [1.54, 1.807) is 30.3 Å². The van der Waals surface area contributed by atoms with Gasteiger partial charge in [-0.3, -0.25) is 0 Å². The number of halogens is 2. The number of benzene rings is 2. The van der Waals surface area contributed by atoms with Crippen molar-refractivity contribution < 1.29 is 12.8 Å². The second-order valence-electron chi connectivity index (χ2n) is 6.70. The maximum atomic E-state index is 13.7. The third-order valence-corrected chi connectivity index (χ3v) is 7.08. The Hall–Kier alpha value is -1.96. The van der Waals surface area contributed by atoms with Gasteiger partial charge in [-0.05, 0) is 67.6 Å². The van der Waals surface area contributed by atoms with E-state index in [1.807, 2.05) is 13.1 Å². The van der Waals surface area contributed by atoms with Crippen LogP contribution in [0.4, 0.5) is 4.39 Å². The molecule has 4 rings (SSSR count). The van der Waals surface area contributed by atoms with Crippen LogP contribution in [0, 0.1) is 5.82 Å². The molecule has 1 aliphatic heterocycles. The molecule has 4 nitrogen and oxygen atoms in total. The molecule has 0 atom stereocenters. The highest BCUT2D eigenvalue weighted by Gasteiger charge is 2.25. The van der Waals surface area contributed by atoms with Crippen molar-refractivity contribution in [2.45, 2.75) is 11.3 Å². The zero-order chi connectivity index (χ0) is 19.2. The molecule has 0 saturated carbocycles. The standard InChI is InChI=1S/C20H18BrFN2O2S/c1-23-10-8-14(9-11-23)20-13-15-12-17(22)4-7-19(15)24(20)27(25,26)18-5-2-16(21)3-6-18/h2-8,12-13H,9-11H2,1H3. The summed E-state index contributed by atoms with van der Waals surface area (Å²) < 4.78 is 42.8. The first-order valence-corrected chi connectivity index (χ1v) is 10.8. The van der Waals surface area contributed by atoms with Gasteiger partial charge in [0.2, 0.25) is 0 Å². The smallest absolute Gasteiger partial charge is 0.268 e. The fourth-order valence-corrected chi connectivity index (χ4v) is 5.17. The van der Waals surface area contributed by atoms with Gasteiger partial charge in [0.05, 0.1) is 16.1 Å². The van der Waals surface area contributed by atoms with Crippen molar-refractivity contribution in [1.82, 2.24) is 8.87 Å². The molecule has 0 N–H and O–H groups in total. The zero-order valence-electron chi connectivity index (χ0n) is 14.7. The predicted octanol–water partition coefficient (Wildman–Crippen LogP) is 4.50. The Morgan fingerprint density at radius 2 is 1.81 bits per heavy atom. The minimum atomic E-state index is -3.83. The Kier molecular flexibility index (Phi) is 4.70. The van der Waals surface area contributed by atoms with Crippen molar-refractivity contribution in [3.8, 4) is 0 Å². The first kappa shape index (κ1) is 18.4. The molecule has 1 aliphatic rings. The topological polar surface area (TPSA) is 42.3 Å². The van der Waals surface area contributed by atoms with Crippen LogP contribution >= 0.6 is 15.9 Å². The lowest BCUT2D eigenvalue weighted by molar-refractivity contribution is 0.369. The monoisotopic (exact) mass is 448 g/mol. The molecule has 0 amide bonds. The van der Waals surface area contributed by atoms with Crippen LogP contribution in [0.15, 0.2) is 64.0 Å². The van der Waals surface area contributed by atoms with Crippen molar-refractivity contribution >= 4 is 42.4 Å². The first-order valence-electron chi connectivity index (χ1n) is 8.56. The summed E-state index contributed by atoms with van der Waals surface area (Å²) in [5, 5.41) is 0.575. The third kappa shape index (κ3) is 3.35. The number of hydrogen-bond acceptors (Lipinski definition) is 3. The highest BCUT2D eigenvalue weighted by Crippen LogP contribution is 2.33. The predicted molar refractivity (Wildman–Crippen MR) is 109 cm³/mol. The summed E-state index contributed by atoms with van der Waals surface area (Å²) in [4.78, 5) is 2.36. The molecule has 0 fully saturated rings. The molecule has 140 valence electrons. The quantitative estimate of drug-likeness (QED) is 0.592. The summed E-state index contributed by atoms with van der Waals surface area (Å²) in [6.07, 6.45) is 2.78. The van der Waals surface area contributed by atoms with E-state index in [0.29, 0.717) is 16.6 Å². The van der Waals surface area contributed by atoms with E-state index >= 15 is 0 Å². The molecule has 1 aromatic heterocycles. The first-order chi connectivity index (χ1) is 12.9. The van der Waals surface area contributed by atoms with Crippen molar-refractivity contribution in [1.29, 1.82) is 0 Å². The highest BCUT2D eigenvalue weighted by molar-refractivity contribution is 9.10. The van der Waals surface area contributed by atoms with Crippen LogP contribution in [0.1, 0.15) is 12.1 Å². The van der Waals surface area contributed by atoms with Crippen LogP contribution < -0.4 is 0 Å². The summed E-state index contributed by atoms with van der Waals surface area (Å²) in [5.41, 5.74) is 2.05. The second-order valence-corrected chi connectivity index (χ2v) is 9.40. The third-order valence-electron chi connectivity index (χ3n) is 4.81. The van der Waals surface area contributed by atoms with Gasteiger partial charge in [0.25, 0.3) is 10.0 Å². The number of nitrogens with zero attached hydrogens (tertiary/aromatic N) is 2. The molecule has 0 aliphatic carbocycles. The summed E-state index contributed by atoms with van der Waals surface area (Å²) in [7, 11) is -1.80. The van der Waals surface area contributed by atoms with Crippen molar-refractivity contribution in [2.24, 2.45) is 0 Å². The minimum Gasteiger partial charge on any atom is -0.302 e. The lowest BCUT2D eigenvalue weighted by Gasteiger charge is -2.23. The normalized spacial score (nSPS) is 15.9. The van der Waals surface area contributed by atoms with E-state index in [0.717, 1.165) is 29.6 Å². The Morgan fingerprint density at radius 1 is 1.07 bits per heavy atom. The van der Waals surface area contributed by atoms with Gasteiger partial charge in [-0.25, -0.2) is 16.8 Å². The summed E-state index contributed by atoms with van der Waals surface area (Å²) in [5.74, 6) is -0.385. The molecule has 0 spiro atoms. The Labute approximate surface area is 166 Å². The average molecular weight is 449 g/mol. The van der Waals surface area contributed by atoms with E-state index in [2.05, 4.69) is 20.8 Å². The fraction of sp³-hybridized carbons (Fsp3) is 0.200. The van der Waals surface area contributed by atoms with Crippen molar-refractivity contribution in [3.63, 3.8) is 0 Å². The number of hydrogen-bond donors (Lipinski definition) is 0. The average Bonchev–Trinajstić information content (AvgIpc) is 3.02. The summed E-state index contributed by atoms with van der Waals surface area (Å²) in [6.45, 7) is 1.60. The molecule has 0 saturated heterocycles. The molecule has 2 aromatic carbocycles. The highest BCUT2D eigenvalue weighted by atomic mass is 79.9. The van der Waals surface area contributed by atoms with Gasteiger partial charge in [-0.2, -0.15) is 0 Å². The SMILES string of the molecule is CN1CC=C(c2cc3cc(F)ccc3n2S(=O)(=O)c2ccc(Br)cc2)CC1. The molecule has 27 heavy (non-hydrogen) atoms. The molecular weight excluding hydrogens is 431 g/mol. The lowest BCUT2D eigenvalue weighted by atomic mass is 10.1. The molecule has 2 heterocycles. The van der Waals surface area contributed by atoms with Crippen LogP contribution in [-0.4, -0.2) is 37.4 Å². The maximum absolute atomic E-state index is 13.7. The minimum absolute atomic E-state index is 0.197. The van der Waals surface area contributed by atoms with Gasteiger partial charge in [0.15, 0.2) is 0 Å². The van der Waals surface area contributed by atoms with Gasteiger partial charge in [0.1, 0.15) is 5.82 Å². The fourth-order valence-electron chi connectivity index (χ4n) is 3.36. The van der Waals surface area contributed by atoms with Gasteiger partial charge in [0, 0.05) is 22.9 Å². The molecule has 7 heteroatoms. The van der Waals surface area contributed by atoms with Crippen LogP contribution in [0.2, 0.25) is 0 Å². The Morgan fingerprint density at radius 3 is 2.48 bits per heavy atom. The summed E-state index contributed by atoms with van der Waals surface area (Å²) >= 11 is 3.33. The molecule has 3 aromatic rings. The molecule has 0 radical (unpaired) electrons. The van der Waals surface area contributed by atoms with Crippen molar-refractivity contribution in [3.05, 3.63) is 70.6 Å². The van der Waals surface area contributed by atoms with Gasteiger partial charge in [-0.1, -0.05) is 22.0 Å². The van der Waals surface area contributed by atoms with Gasteiger partial charge in [-0.15, -0.1) is 0 Å². The number of aromatic nitrogens is 1. The van der Waals surface area contributed by atoms with Crippen molar-refractivity contribution in [2.75, 3.05) is 20.1 Å². The van der Waals surface area contributed by atoms with E-state index < -0.39 is 10.0 Å². The number of rotatable bonds is 3. The maximum Gasteiger partial charge on any atom is 0.268 e. The Bertz CT molecular complexity index is 1150. The number of fused-ring (bicyclic) bond motifs is 1. The zero-order valence-corrected chi connectivity index (χ0v) is 17.1. The van der Waals surface area contributed by atoms with Crippen LogP contribution in [0.25, 0.3) is 16.5 Å². The molecule has 0 bridgehead atoms. The van der Waals surface area contributed by atoms with E-state index in [4.69, 9.17) is 0 Å². The largest absolute Gasteiger partial charge is 0.302 e. The van der Waals surface area contributed by atoms with Crippen LogP contribution in [0.3, 0.4) is 0 Å². The molecular formula is C20H18BrFN2O2S. The van der Waals surface area contributed by atoms with E-state index in [9.17, 15) is 12.8 Å². The van der Waals surface area contributed by atoms with Gasteiger partial charge >= 0.3 is 0 Å². The Balaban J connectivity index is 1.98. The van der Waals surface area contributed by atoms with Gasteiger partial charge < -0.3 is 4.90 Å². The van der Waals surface area contributed by atoms with Crippen LogP contribution in [-0.2, 0) is 10.0 Å². The van der Waals surface area contributed by atoms with E-state index in [1.165, 1.54) is 22.2 Å². The molecule has 0 unspecified atom stereocenters. The number of likely N-dealkylation sites (N-methyl/N-ethyl adjacent to an activating group) is 1.